The molecule has 0 radical (unpaired) electrons. The maximum atomic E-state index is 2.99. The summed E-state index contributed by atoms with van der Waals surface area (Å²) in [6.45, 7) is 1.79. The maximum absolute atomic E-state index is 2.99. The van der Waals surface area contributed by atoms with Gasteiger partial charge in [0.05, 0.1) is 0 Å². The standard InChI is InChI=1S/C8H10N2/c1-4-5-6-7-8-9(2)10(8)3/h8H,1-3H3. The highest BCUT2D eigenvalue weighted by molar-refractivity contribution is 5.28. The van der Waals surface area contributed by atoms with Crippen molar-refractivity contribution in [1.29, 1.82) is 0 Å². The first-order chi connectivity index (χ1) is 4.77. The minimum Gasteiger partial charge on any atom is -0.213 e. The first-order valence-electron chi connectivity index (χ1n) is 3.15. The van der Waals surface area contributed by atoms with Gasteiger partial charge >= 0.3 is 0 Å². The van der Waals surface area contributed by atoms with E-state index in [-0.39, 0.29) is 0 Å². The van der Waals surface area contributed by atoms with Crippen molar-refractivity contribution in [1.82, 2.24) is 10.0 Å². The zero-order valence-electron chi connectivity index (χ0n) is 6.47. The van der Waals surface area contributed by atoms with Crippen LogP contribution in [0.1, 0.15) is 6.92 Å². The van der Waals surface area contributed by atoms with Crippen molar-refractivity contribution in [3.63, 3.8) is 0 Å². The molecule has 0 amide bonds. The lowest BCUT2D eigenvalue weighted by Gasteiger charge is -1.77. The summed E-state index contributed by atoms with van der Waals surface area (Å²) < 4.78 is 0. The fraction of sp³-hybridized carbons (Fsp3) is 0.500. The quantitative estimate of drug-likeness (QED) is 0.343. The Morgan fingerprint density at radius 2 is 1.70 bits per heavy atom. The Kier molecular flexibility index (Phi) is 1.97. The second kappa shape index (κ2) is 2.75. The molecule has 2 atom stereocenters. The molecule has 1 aliphatic rings. The van der Waals surface area contributed by atoms with Crippen LogP contribution in [-0.4, -0.2) is 30.3 Å². The van der Waals surface area contributed by atoms with Crippen LogP contribution in [0, 0.1) is 23.7 Å². The molecule has 0 bridgehead atoms. The van der Waals surface area contributed by atoms with Crippen molar-refractivity contribution in [2.45, 2.75) is 13.1 Å². The SMILES string of the molecule is CC#CC#CC1N(C)N1C. The lowest BCUT2D eigenvalue weighted by molar-refractivity contribution is 0.412. The molecule has 52 valence electrons. The van der Waals surface area contributed by atoms with Gasteiger partial charge in [0.15, 0.2) is 6.17 Å². The van der Waals surface area contributed by atoms with Crippen LogP contribution in [0.3, 0.4) is 0 Å². The van der Waals surface area contributed by atoms with Crippen molar-refractivity contribution in [3.8, 4) is 23.7 Å². The van der Waals surface area contributed by atoms with Crippen LogP contribution in [0.15, 0.2) is 0 Å². The molecule has 1 saturated heterocycles. The summed E-state index contributed by atoms with van der Waals surface area (Å²) in [5.74, 6) is 11.2. The van der Waals surface area contributed by atoms with Crippen LogP contribution in [0.5, 0.6) is 0 Å². The predicted molar refractivity (Wildman–Crippen MR) is 40.5 cm³/mol. The van der Waals surface area contributed by atoms with Crippen LogP contribution in [0.2, 0.25) is 0 Å². The molecule has 1 rings (SSSR count). The number of hydrogen-bond donors (Lipinski definition) is 0. The average molecular weight is 134 g/mol. The Morgan fingerprint density at radius 1 is 1.10 bits per heavy atom. The monoisotopic (exact) mass is 134 g/mol. The van der Waals surface area contributed by atoms with E-state index in [1.807, 2.05) is 24.1 Å². The van der Waals surface area contributed by atoms with Gasteiger partial charge in [0.2, 0.25) is 0 Å². The van der Waals surface area contributed by atoms with E-state index in [4.69, 9.17) is 0 Å². The van der Waals surface area contributed by atoms with Gasteiger partial charge in [0, 0.05) is 14.1 Å². The summed E-state index contributed by atoms with van der Waals surface area (Å²) in [6.07, 6.45) is 0.292. The van der Waals surface area contributed by atoms with Crippen LogP contribution in [0.4, 0.5) is 0 Å². The molecule has 0 aromatic carbocycles. The Morgan fingerprint density at radius 3 is 2.10 bits per heavy atom. The zero-order valence-corrected chi connectivity index (χ0v) is 6.47. The third kappa shape index (κ3) is 1.30. The number of hydrogen-bond acceptors (Lipinski definition) is 2. The minimum absolute atomic E-state index is 0.292. The van der Waals surface area contributed by atoms with Gasteiger partial charge in [-0.25, -0.2) is 10.0 Å². The second-order valence-corrected chi connectivity index (χ2v) is 2.17. The smallest absolute Gasteiger partial charge is 0.152 e. The fourth-order valence-corrected chi connectivity index (χ4v) is 0.718. The van der Waals surface area contributed by atoms with Crippen molar-refractivity contribution < 1.29 is 0 Å². The number of hydrazine groups is 1. The van der Waals surface area contributed by atoms with Gasteiger partial charge in [0.1, 0.15) is 0 Å². The Labute approximate surface area is 61.8 Å². The van der Waals surface area contributed by atoms with Crippen LogP contribution < -0.4 is 0 Å². The van der Waals surface area contributed by atoms with E-state index in [1.54, 1.807) is 6.92 Å². The first kappa shape index (κ1) is 7.15. The molecule has 0 spiro atoms. The summed E-state index contributed by atoms with van der Waals surface area (Å²) in [5.41, 5.74) is 0. The van der Waals surface area contributed by atoms with E-state index in [9.17, 15) is 0 Å². The van der Waals surface area contributed by atoms with Crippen molar-refractivity contribution >= 4 is 0 Å². The van der Waals surface area contributed by atoms with Crippen LogP contribution in [-0.2, 0) is 0 Å². The molecule has 0 N–H and O–H groups in total. The summed E-state index contributed by atoms with van der Waals surface area (Å²) in [7, 11) is 4.00. The predicted octanol–water partition coefficient (Wildman–Crippen LogP) is 0.131. The van der Waals surface area contributed by atoms with E-state index >= 15 is 0 Å². The maximum Gasteiger partial charge on any atom is 0.152 e. The summed E-state index contributed by atoms with van der Waals surface area (Å²) in [5, 5.41) is 4.09. The van der Waals surface area contributed by atoms with Crippen molar-refractivity contribution in [3.05, 3.63) is 0 Å². The Bertz CT molecular complexity index is 227. The molecule has 1 aliphatic heterocycles. The third-order valence-corrected chi connectivity index (χ3v) is 1.54. The number of rotatable bonds is 0. The first-order valence-corrected chi connectivity index (χ1v) is 3.15. The highest BCUT2D eigenvalue weighted by atomic mass is 15.8. The van der Waals surface area contributed by atoms with Gasteiger partial charge in [-0.2, -0.15) is 0 Å². The zero-order chi connectivity index (χ0) is 7.56. The highest BCUT2D eigenvalue weighted by Crippen LogP contribution is 2.17. The molecule has 0 aromatic rings. The number of nitrogens with zero attached hydrogens (tertiary/aromatic N) is 2. The van der Waals surface area contributed by atoms with Gasteiger partial charge in [-0.15, -0.1) is 0 Å². The largest absolute Gasteiger partial charge is 0.213 e. The van der Waals surface area contributed by atoms with Crippen molar-refractivity contribution in [2.24, 2.45) is 0 Å². The lowest BCUT2D eigenvalue weighted by atomic mass is 10.5. The highest BCUT2D eigenvalue weighted by Gasteiger charge is 2.36. The Hall–Kier alpha value is -0.960. The van der Waals surface area contributed by atoms with Crippen LogP contribution in [0.25, 0.3) is 0 Å². The molecule has 0 aliphatic carbocycles. The molecule has 1 heterocycles. The molecule has 1 fully saturated rings. The third-order valence-electron chi connectivity index (χ3n) is 1.54. The van der Waals surface area contributed by atoms with E-state index in [2.05, 4.69) is 23.7 Å². The van der Waals surface area contributed by atoms with Gasteiger partial charge in [-0.3, -0.25) is 0 Å². The van der Waals surface area contributed by atoms with Gasteiger partial charge in [-0.05, 0) is 18.8 Å². The molecule has 2 unspecified atom stereocenters. The molecule has 0 saturated carbocycles. The second-order valence-electron chi connectivity index (χ2n) is 2.17. The minimum atomic E-state index is 0.292. The molecule has 2 heteroatoms. The topological polar surface area (TPSA) is 6.02 Å². The van der Waals surface area contributed by atoms with Gasteiger partial charge in [-0.1, -0.05) is 11.8 Å². The van der Waals surface area contributed by atoms with Crippen molar-refractivity contribution in [2.75, 3.05) is 14.1 Å². The molecule has 2 nitrogen and oxygen atoms in total. The fourth-order valence-electron chi connectivity index (χ4n) is 0.718. The molecular formula is C8H10N2. The van der Waals surface area contributed by atoms with Crippen LogP contribution >= 0.6 is 0 Å². The van der Waals surface area contributed by atoms with Gasteiger partial charge < -0.3 is 0 Å². The summed E-state index contributed by atoms with van der Waals surface area (Å²) >= 11 is 0. The molecular weight excluding hydrogens is 124 g/mol. The van der Waals surface area contributed by atoms with E-state index in [0.717, 1.165) is 0 Å². The van der Waals surface area contributed by atoms with E-state index < -0.39 is 0 Å². The average Bonchev–Trinajstić information content (AvgIpc) is 2.46. The molecule has 10 heavy (non-hydrogen) atoms. The van der Waals surface area contributed by atoms with E-state index in [0.29, 0.717) is 6.17 Å². The van der Waals surface area contributed by atoms with Gasteiger partial charge in [0.25, 0.3) is 0 Å². The lowest BCUT2D eigenvalue weighted by Crippen LogP contribution is -1.91. The normalized spacial score (nSPS) is 34.9. The Balaban J connectivity index is 2.41. The summed E-state index contributed by atoms with van der Waals surface area (Å²) in [6, 6.07) is 0. The summed E-state index contributed by atoms with van der Waals surface area (Å²) in [4.78, 5) is 0. The molecule has 0 aromatic heterocycles. The van der Waals surface area contributed by atoms with E-state index in [1.165, 1.54) is 0 Å².